The van der Waals surface area contributed by atoms with E-state index >= 15 is 0 Å². The number of alkyl halides is 3. The number of benzene rings is 2. The van der Waals surface area contributed by atoms with Crippen molar-refractivity contribution < 1.29 is 27.4 Å². The second-order valence-corrected chi connectivity index (χ2v) is 6.72. The Labute approximate surface area is 164 Å². The maximum Gasteiger partial charge on any atom is 0.416 e. The van der Waals surface area contributed by atoms with E-state index in [4.69, 9.17) is 9.47 Å². The van der Waals surface area contributed by atoms with Crippen LogP contribution in [0.5, 0.6) is 11.6 Å². The molecule has 1 aliphatic rings. The molecule has 3 aromatic rings. The van der Waals surface area contributed by atoms with E-state index in [0.29, 0.717) is 5.75 Å². The van der Waals surface area contributed by atoms with Crippen LogP contribution in [0.15, 0.2) is 60.8 Å². The van der Waals surface area contributed by atoms with Crippen LogP contribution in [0, 0.1) is 0 Å². The van der Waals surface area contributed by atoms with E-state index in [9.17, 15) is 18.0 Å². The summed E-state index contributed by atoms with van der Waals surface area (Å²) in [6.07, 6.45) is -3.80. The van der Waals surface area contributed by atoms with Crippen LogP contribution in [-0.4, -0.2) is 41.6 Å². The lowest BCUT2D eigenvalue weighted by Crippen LogP contribution is -2.57. The number of nitrogens with zero attached hydrogens (tertiary/aromatic N) is 2. The van der Waals surface area contributed by atoms with Crippen LogP contribution in [0.3, 0.4) is 0 Å². The minimum absolute atomic E-state index is 0.107. The van der Waals surface area contributed by atoms with E-state index in [0.717, 1.165) is 29.1 Å². The number of carbonyl (C=O) groups is 1. The van der Waals surface area contributed by atoms with Gasteiger partial charge in [0.25, 0.3) is 5.91 Å². The molecular formula is C21H17F3N2O3. The summed E-state index contributed by atoms with van der Waals surface area (Å²) >= 11 is 0. The Morgan fingerprint density at radius 1 is 1.07 bits per heavy atom. The molecule has 1 amide bonds. The Kier molecular flexibility index (Phi) is 5.00. The molecule has 2 heterocycles. The van der Waals surface area contributed by atoms with Gasteiger partial charge in [0, 0.05) is 12.3 Å². The summed E-state index contributed by atoms with van der Waals surface area (Å²) in [5.74, 6) is 0.276. The summed E-state index contributed by atoms with van der Waals surface area (Å²) in [6, 6.07) is 15.2. The zero-order chi connectivity index (χ0) is 20.4. The van der Waals surface area contributed by atoms with Crippen LogP contribution in [0.2, 0.25) is 0 Å². The van der Waals surface area contributed by atoms with E-state index in [2.05, 4.69) is 4.98 Å². The van der Waals surface area contributed by atoms with Gasteiger partial charge in [-0.05, 0) is 29.0 Å². The Morgan fingerprint density at radius 2 is 1.83 bits per heavy atom. The number of ether oxygens (including phenoxy) is 2. The standard InChI is InChI=1S/C21H17F3N2O3/c22-21(23,24)16-7-8-25-19(10-16)29-18-11-26(12-18)20(27)13-28-17-6-5-14-3-1-2-4-15(14)9-17/h1-10,18H,11-13H2. The number of carbonyl (C=O) groups excluding carboxylic acids is 1. The van der Waals surface area contributed by atoms with Crippen molar-refractivity contribution in [2.45, 2.75) is 12.3 Å². The van der Waals surface area contributed by atoms with E-state index in [-0.39, 0.29) is 31.5 Å². The molecular weight excluding hydrogens is 385 g/mol. The molecule has 0 unspecified atom stereocenters. The van der Waals surface area contributed by atoms with Crippen molar-refractivity contribution in [3.05, 3.63) is 66.4 Å². The van der Waals surface area contributed by atoms with Crippen molar-refractivity contribution in [3.63, 3.8) is 0 Å². The maximum atomic E-state index is 12.7. The van der Waals surface area contributed by atoms with E-state index < -0.39 is 17.8 Å². The fourth-order valence-corrected chi connectivity index (χ4v) is 3.03. The second kappa shape index (κ2) is 7.62. The number of pyridine rings is 1. The summed E-state index contributed by atoms with van der Waals surface area (Å²) in [4.78, 5) is 17.5. The highest BCUT2D eigenvalue weighted by molar-refractivity contribution is 5.84. The lowest BCUT2D eigenvalue weighted by atomic mass is 10.1. The highest BCUT2D eigenvalue weighted by atomic mass is 19.4. The highest BCUT2D eigenvalue weighted by Crippen LogP contribution is 2.31. The predicted molar refractivity (Wildman–Crippen MR) is 99.7 cm³/mol. The number of rotatable bonds is 5. The third kappa shape index (κ3) is 4.42. The highest BCUT2D eigenvalue weighted by Gasteiger charge is 2.34. The molecule has 0 spiro atoms. The number of hydrogen-bond acceptors (Lipinski definition) is 4. The van der Waals surface area contributed by atoms with Crippen molar-refractivity contribution in [1.29, 1.82) is 0 Å². The van der Waals surface area contributed by atoms with Gasteiger partial charge in [-0.25, -0.2) is 4.98 Å². The zero-order valence-corrected chi connectivity index (χ0v) is 15.2. The number of amides is 1. The molecule has 1 aromatic heterocycles. The topological polar surface area (TPSA) is 51.7 Å². The molecule has 150 valence electrons. The predicted octanol–water partition coefficient (Wildman–Crippen LogP) is 3.92. The van der Waals surface area contributed by atoms with Gasteiger partial charge in [0.2, 0.25) is 5.88 Å². The average Bonchev–Trinajstić information content (AvgIpc) is 2.68. The van der Waals surface area contributed by atoms with Crippen molar-refractivity contribution in [3.8, 4) is 11.6 Å². The summed E-state index contributed by atoms with van der Waals surface area (Å²) in [5.41, 5.74) is -0.821. The first-order valence-electron chi connectivity index (χ1n) is 8.98. The van der Waals surface area contributed by atoms with Gasteiger partial charge in [0.1, 0.15) is 11.9 Å². The molecule has 1 fully saturated rings. The van der Waals surface area contributed by atoms with Crippen molar-refractivity contribution in [2.75, 3.05) is 19.7 Å². The molecule has 2 aromatic carbocycles. The van der Waals surface area contributed by atoms with Gasteiger partial charge in [-0.15, -0.1) is 0 Å². The number of fused-ring (bicyclic) bond motifs is 1. The smallest absolute Gasteiger partial charge is 0.416 e. The minimum Gasteiger partial charge on any atom is -0.484 e. The van der Waals surface area contributed by atoms with E-state index in [1.807, 2.05) is 36.4 Å². The summed E-state index contributed by atoms with van der Waals surface area (Å²) in [6.45, 7) is 0.433. The third-order valence-corrected chi connectivity index (χ3v) is 4.63. The van der Waals surface area contributed by atoms with Crippen LogP contribution >= 0.6 is 0 Å². The summed E-state index contributed by atoms with van der Waals surface area (Å²) in [7, 11) is 0. The quantitative estimate of drug-likeness (QED) is 0.649. The number of hydrogen-bond donors (Lipinski definition) is 0. The lowest BCUT2D eigenvalue weighted by Gasteiger charge is -2.38. The van der Waals surface area contributed by atoms with E-state index in [1.165, 1.54) is 4.90 Å². The SMILES string of the molecule is O=C(COc1ccc2ccccc2c1)N1CC(Oc2cc(C(F)(F)F)ccn2)C1. The molecule has 8 heteroatoms. The van der Waals surface area contributed by atoms with Crippen LogP contribution in [-0.2, 0) is 11.0 Å². The molecule has 0 atom stereocenters. The van der Waals surface area contributed by atoms with Gasteiger partial charge >= 0.3 is 6.18 Å². The zero-order valence-electron chi connectivity index (χ0n) is 15.2. The van der Waals surface area contributed by atoms with Gasteiger partial charge in [-0.2, -0.15) is 13.2 Å². The van der Waals surface area contributed by atoms with Crippen LogP contribution in [0.25, 0.3) is 10.8 Å². The second-order valence-electron chi connectivity index (χ2n) is 6.72. The number of halogens is 3. The minimum atomic E-state index is -4.46. The van der Waals surface area contributed by atoms with Crippen LogP contribution in [0.4, 0.5) is 13.2 Å². The third-order valence-electron chi connectivity index (χ3n) is 4.63. The Hall–Kier alpha value is -3.29. The fraction of sp³-hybridized carbons (Fsp3) is 0.238. The van der Waals surface area contributed by atoms with Gasteiger partial charge in [-0.1, -0.05) is 30.3 Å². The number of likely N-dealkylation sites (tertiary alicyclic amines) is 1. The van der Waals surface area contributed by atoms with Crippen LogP contribution in [0.1, 0.15) is 5.56 Å². The first kappa shape index (κ1) is 19.0. The van der Waals surface area contributed by atoms with Gasteiger partial charge in [-0.3, -0.25) is 4.79 Å². The Morgan fingerprint density at radius 3 is 2.59 bits per heavy atom. The molecule has 29 heavy (non-hydrogen) atoms. The molecule has 0 saturated carbocycles. The van der Waals surface area contributed by atoms with Crippen molar-refractivity contribution in [2.24, 2.45) is 0 Å². The summed E-state index contributed by atoms with van der Waals surface area (Å²) < 4.78 is 49.2. The largest absolute Gasteiger partial charge is 0.484 e. The Bertz CT molecular complexity index is 1030. The molecule has 5 nitrogen and oxygen atoms in total. The van der Waals surface area contributed by atoms with Gasteiger partial charge in [0.15, 0.2) is 6.61 Å². The first-order chi connectivity index (χ1) is 13.9. The van der Waals surface area contributed by atoms with Crippen molar-refractivity contribution in [1.82, 2.24) is 9.88 Å². The molecule has 0 bridgehead atoms. The van der Waals surface area contributed by atoms with Gasteiger partial charge in [0.05, 0.1) is 18.7 Å². The van der Waals surface area contributed by atoms with Crippen molar-refractivity contribution >= 4 is 16.7 Å². The first-order valence-corrected chi connectivity index (χ1v) is 8.98. The summed E-state index contributed by atoms with van der Waals surface area (Å²) in [5, 5.41) is 2.10. The normalized spacial score (nSPS) is 14.5. The maximum absolute atomic E-state index is 12.7. The molecule has 0 N–H and O–H groups in total. The van der Waals surface area contributed by atoms with E-state index in [1.54, 1.807) is 6.07 Å². The van der Waals surface area contributed by atoms with Gasteiger partial charge < -0.3 is 14.4 Å². The molecule has 1 saturated heterocycles. The molecule has 0 aliphatic carbocycles. The molecule has 1 aliphatic heterocycles. The number of aromatic nitrogens is 1. The monoisotopic (exact) mass is 402 g/mol. The molecule has 4 rings (SSSR count). The lowest BCUT2D eigenvalue weighted by molar-refractivity contribution is -0.142. The van der Waals surface area contributed by atoms with Crippen LogP contribution < -0.4 is 9.47 Å². The Balaban J connectivity index is 1.27. The average molecular weight is 402 g/mol. The molecule has 0 radical (unpaired) electrons. The fourth-order valence-electron chi connectivity index (χ4n) is 3.03.